The number of aliphatic carboxylic acids is 1. The van der Waals surface area contributed by atoms with Crippen molar-refractivity contribution in [1.29, 1.82) is 0 Å². The summed E-state index contributed by atoms with van der Waals surface area (Å²) in [5, 5.41) is 12.4. The number of benzene rings is 2. The maximum Gasteiger partial charge on any atom is 0.326 e. The summed E-state index contributed by atoms with van der Waals surface area (Å²) in [6.45, 7) is 6.06. The molecule has 0 saturated heterocycles. The van der Waals surface area contributed by atoms with E-state index in [9.17, 15) is 14.7 Å². The van der Waals surface area contributed by atoms with Gasteiger partial charge >= 0.3 is 5.97 Å². The molecule has 0 aliphatic heterocycles. The molecule has 3 aromatic rings. The minimum Gasteiger partial charge on any atom is -0.480 e. The molecule has 9 heteroatoms. The molecule has 0 aliphatic rings. The lowest BCUT2D eigenvalue weighted by Crippen LogP contribution is -2.40. The van der Waals surface area contributed by atoms with Gasteiger partial charge in [-0.1, -0.05) is 59.1 Å². The van der Waals surface area contributed by atoms with Crippen molar-refractivity contribution in [2.75, 3.05) is 4.90 Å². The first-order valence-corrected chi connectivity index (χ1v) is 11.9. The number of carbonyl (C=O) groups excluding carboxylic acids is 1. The van der Waals surface area contributed by atoms with Gasteiger partial charge in [-0.25, -0.2) is 14.8 Å². The molecule has 0 saturated carbocycles. The summed E-state index contributed by atoms with van der Waals surface area (Å²) in [6.07, 6.45) is 6.96. The van der Waals surface area contributed by atoms with E-state index in [0.29, 0.717) is 5.95 Å². The Labute approximate surface area is 220 Å². The molecule has 1 atom stereocenters. The van der Waals surface area contributed by atoms with E-state index in [2.05, 4.69) is 15.3 Å². The van der Waals surface area contributed by atoms with E-state index >= 15 is 0 Å². The van der Waals surface area contributed by atoms with Gasteiger partial charge in [0.2, 0.25) is 5.95 Å². The molecule has 0 bridgehead atoms. The lowest BCUT2D eigenvalue weighted by atomic mass is 10.1. The van der Waals surface area contributed by atoms with E-state index in [4.69, 9.17) is 23.2 Å². The van der Waals surface area contributed by atoms with Gasteiger partial charge in [0, 0.05) is 23.8 Å². The fourth-order valence-corrected chi connectivity index (χ4v) is 3.90. The van der Waals surface area contributed by atoms with Gasteiger partial charge < -0.3 is 10.4 Å². The molecule has 3 rings (SSSR count). The number of amides is 1. The number of hydrogen-bond donors (Lipinski definition) is 2. The molecular weight excluding hydrogens is 499 g/mol. The van der Waals surface area contributed by atoms with Crippen LogP contribution in [0, 0.1) is 0 Å². The third-order valence-corrected chi connectivity index (χ3v) is 6.07. The third kappa shape index (κ3) is 6.71. The van der Waals surface area contributed by atoms with Crippen LogP contribution in [-0.4, -0.2) is 33.0 Å². The molecule has 1 heterocycles. The number of halogens is 2. The highest BCUT2D eigenvalue weighted by Gasteiger charge is 2.22. The zero-order valence-electron chi connectivity index (χ0n) is 20.1. The normalized spacial score (nSPS) is 11.7. The summed E-state index contributed by atoms with van der Waals surface area (Å²) in [7, 11) is 0. The second-order valence-electron chi connectivity index (χ2n) is 8.16. The molecule has 0 radical (unpaired) electrons. The summed E-state index contributed by atoms with van der Waals surface area (Å²) in [5.74, 6) is -1.24. The molecule has 0 spiro atoms. The number of carbonyl (C=O) groups is 2. The fraction of sp³-hybridized carbons (Fsp3) is 0.185. The summed E-state index contributed by atoms with van der Waals surface area (Å²) in [6, 6.07) is 13.0. The molecular formula is C27H26Cl2N4O3. The summed E-state index contributed by atoms with van der Waals surface area (Å²) >= 11 is 12.1. The van der Waals surface area contributed by atoms with Crippen molar-refractivity contribution in [3.8, 4) is 0 Å². The molecule has 36 heavy (non-hydrogen) atoms. The number of nitrogens with one attached hydrogen (secondary N) is 1. The molecule has 0 aliphatic carbocycles. The fourth-order valence-electron chi connectivity index (χ4n) is 3.33. The molecule has 1 amide bonds. The van der Waals surface area contributed by atoms with Gasteiger partial charge in [0.25, 0.3) is 5.91 Å². The Kier molecular flexibility index (Phi) is 9.22. The summed E-state index contributed by atoms with van der Waals surface area (Å²) < 4.78 is 0. The predicted molar refractivity (Wildman–Crippen MR) is 144 cm³/mol. The van der Waals surface area contributed by atoms with Gasteiger partial charge in [-0.3, -0.25) is 9.69 Å². The van der Waals surface area contributed by atoms with E-state index in [-0.39, 0.29) is 22.0 Å². The minimum atomic E-state index is -1.16. The summed E-state index contributed by atoms with van der Waals surface area (Å²) in [5.41, 5.74) is 3.95. The molecule has 186 valence electrons. The summed E-state index contributed by atoms with van der Waals surface area (Å²) in [4.78, 5) is 35.0. The minimum absolute atomic E-state index is 0.0465. The molecule has 2 aromatic carbocycles. The van der Waals surface area contributed by atoms with Crippen LogP contribution in [0.3, 0.4) is 0 Å². The number of carboxylic acids is 1. The van der Waals surface area contributed by atoms with Crippen molar-refractivity contribution in [2.24, 2.45) is 0 Å². The quantitative estimate of drug-likeness (QED) is 0.330. The number of allylic oxidation sites excluding steroid dienone is 2. The average Bonchev–Trinajstić information content (AvgIpc) is 2.85. The Balaban J connectivity index is 1.73. The third-order valence-electron chi connectivity index (χ3n) is 5.44. The van der Waals surface area contributed by atoms with Crippen LogP contribution in [0.5, 0.6) is 0 Å². The SMILES string of the molecule is CC(C)=C(C)N(c1ccc(/C=C/CC(NC(=O)c2c(Cl)cccc2Cl)C(=O)O)cc1)c1ncccn1. The van der Waals surface area contributed by atoms with Gasteiger partial charge in [0.1, 0.15) is 6.04 Å². The number of hydrogen-bond acceptors (Lipinski definition) is 5. The van der Waals surface area contributed by atoms with Gasteiger partial charge in [-0.15, -0.1) is 0 Å². The van der Waals surface area contributed by atoms with Crippen LogP contribution in [0.25, 0.3) is 6.08 Å². The van der Waals surface area contributed by atoms with Crippen molar-refractivity contribution in [1.82, 2.24) is 15.3 Å². The second kappa shape index (κ2) is 12.3. The first-order valence-electron chi connectivity index (χ1n) is 11.1. The smallest absolute Gasteiger partial charge is 0.326 e. The first kappa shape index (κ1) is 26.9. The average molecular weight is 525 g/mol. The Morgan fingerprint density at radius 3 is 2.17 bits per heavy atom. The monoisotopic (exact) mass is 524 g/mol. The standard InChI is InChI=1S/C27H26Cl2N4O3/c1-17(2)18(3)33(27-30-15-6-16-31-27)20-13-11-19(12-14-20)7-4-10-23(26(35)36)32-25(34)24-21(28)8-5-9-22(24)29/h4-9,11-16,23H,10H2,1-3H3,(H,32,34)(H,35,36)/b7-4+. The van der Waals surface area contributed by atoms with Crippen molar-refractivity contribution >= 4 is 52.8 Å². The van der Waals surface area contributed by atoms with E-state index in [1.807, 2.05) is 49.9 Å². The van der Waals surface area contributed by atoms with Crippen molar-refractivity contribution < 1.29 is 14.7 Å². The van der Waals surface area contributed by atoms with Crippen LogP contribution in [0.15, 0.2) is 78.3 Å². The van der Waals surface area contributed by atoms with Crippen LogP contribution in [0.2, 0.25) is 10.0 Å². The van der Waals surface area contributed by atoms with Crippen LogP contribution in [0.4, 0.5) is 11.6 Å². The zero-order chi connectivity index (χ0) is 26.2. The molecule has 2 N–H and O–H groups in total. The topological polar surface area (TPSA) is 95.4 Å². The van der Waals surface area contributed by atoms with Gasteiger partial charge in [0.05, 0.1) is 15.6 Å². The number of anilines is 2. The lowest BCUT2D eigenvalue weighted by Gasteiger charge is -2.24. The highest BCUT2D eigenvalue weighted by Crippen LogP contribution is 2.28. The number of aromatic nitrogens is 2. The molecule has 1 aromatic heterocycles. The predicted octanol–water partition coefficient (Wildman–Crippen LogP) is 6.52. The van der Waals surface area contributed by atoms with Crippen LogP contribution < -0.4 is 10.2 Å². The molecule has 1 unspecified atom stereocenters. The number of rotatable bonds is 9. The Bertz CT molecular complexity index is 1270. The maximum atomic E-state index is 12.6. The number of carboxylic acid groups (broad SMARTS) is 1. The highest BCUT2D eigenvalue weighted by molar-refractivity contribution is 6.39. The van der Waals surface area contributed by atoms with Crippen molar-refractivity contribution in [3.63, 3.8) is 0 Å². The Hall–Kier alpha value is -3.68. The van der Waals surface area contributed by atoms with Gasteiger partial charge in [-0.2, -0.15) is 0 Å². The molecule has 0 fully saturated rings. The Morgan fingerprint density at radius 1 is 1.00 bits per heavy atom. The van der Waals surface area contributed by atoms with E-state index in [0.717, 1.165) is 22.5 Å². The van der Waals surface area contributed by atoms with Crippen LogP contribution >= 0.6 is 23.2 Å². The largest absolute Gasteiger partial charge is 0.480 e. The van der Waals surface area contributed by atoms with E-state index in [1.54, 1.807) is 36.7 Å². The highest BCUT2D eigenvalue weighted by atomic mass is 35.5. The van der Waals surface area contributed by atoms with Gasteiger partial charge in [0.15, 0.2) is 0 Å². The van der Waals surface area contributed by atoms with E-state index < -0.39 is 17.9 Å². The zero-order valence-corrected chi connectivity index (χ0v) is 21.6. The van der Waals surface area contributed by atoms with E-state index in [1.165, 1.54) is 12.1 Å². The lowest BCUT2D eigenvalue weighted by molar-refractivity contribution is -0.139. The first-order chi connectivity index (χ1) is 17.2. The van der Waals surface area contributed by atoms with Crippen molar-refractivity contribution in [3.05, 3.63) is 99.4 Å². The second-order valence-corrected chi connectivity index (χ2v) is 8.97. The van der Waals surface area contributed by atoms with Crippen LogP contribution in [-0.2, 0) is 4.79 Å². The number of nitrogens with zero attached hydrogens (tertiary/aromatic N) is 3. The Morgan fingerprint density at radius 2 is 1.61 bits per heavy atom. The van der Waals surface area contributed by atoms with Crippen LogP contribution in [0.1, 0.15) is 43.1 Å². The maximum absolute atomic E-state index is 12.6. The van der Waals surface area contributed by atoms with Crippen molar-refractivity contribution in [2.45, 2.75) is 33.2 Å². The van der Waals surface area contributed by atoms with Gasteiger partial charge in [-0.05, 0) is 63.1 Å². The molecule has 7 nitrogen and oxygen atoms in total.